The van der Waals surface area contributed by atoms with Crippen molar-refractivity contribution in [2.45, 2.75) is 45.3 Å². The van der Waals surface area contributed by atoms with Crippen LogP contribution in [0.25, 0.3) is 0 Å². The van der Waals surface area contributed by atoms with E-state index in [1.54, 1.807) is 7.11 Å². The second-order valence-corrected chi connectivity index (χ2v) is 8.48. The molecule has 31 heavy (non-hydrogen) atoms. The van der Waals surface area contributed by atoms with Gasteiger partial charge in [-0.25, -0.2) is 0 Å². The van der Waals surface area contributed by atoms with E-state index in [1.165, 1.54) is 16.7 Å². The summed E-state index contributed by atoms with van der Waals surface area (Å²) in [4.78, 5) is 0. The maximum absolute atomic E-state index is 6.02. The Hall–Kier alpha value is -2.49. The molecule has 0 aliphatic rings. The Balaban J connectivity index is 1.77. The lowest BCUT2D eigenvalue weighted by Gasteiger charge is -2.23. The van der Waals surface area contributed by atoms with Gasteiger partial charge in [-0.2, -0.15) is 0 Å². The average Bonchev–Trinajstić information content (AvgIpc) is 2.77. The van der Waals surface area contributed by atoms with Gasteiger partial charge in [0.15, 0.2) is 0 Å². The van der Waals surface area contributed by atoms with E-state index >= 15 is 0 Å². The first-order valence-corrected chi connectivity index (χ1v) is 11.2. The molecule has 0 amide bonds. The molecule has 2 atom stereocenters. The van der Waals surface area contributed by atoms with E-state index in [0.29, 0.717) is 0 Å². The molecule has 0 fully saturated rings. The van der Waals surface area contributed by atoms with E-state index in [2.05, 4.69) is 60.8 Å². The average molecular weight is 438 g/mol. The Labute approximate surface area is 191 Å². The van der Waals surface area contributed by atoms with Crippen LogP contribution < -0.4 is 14.8 Å². The van der Waals surface area contributed by atoms with E-state index in [-0.39, 0.29) is 18.1 Å². The number of benzene rings is 3. The Morgan fingerprint density at radius 3 is 2.13 bits per heavy atom. The van der Waals surface area contributed by atoms with Crippen LogP contribution in [0.2, 0.25) is 5.02 Å². The lowest BCUT2D eigenvalue weighted by Crippen LogP contribution is -2.22. The molecule has 3 rings (SSSR count). The highest BCUT2D eigenvalue weighted by molar-refractivity contribution is 6.30. The Morgan fingerprint density at radius 2 is 1.48 bits per heavy atom. The molecule has 0 aromatic heterocycles. The van der Waals surface area contributed by atoms with Gasteiger partial charge in [-0.1, -0.05) is 54.1 Å². The highest BCUT2D eigenvalue weighted by Gasteiger charge is 2.19. The molecule has 3 aromatic rings. The fraction of sp³-hybridized carbons (Fsp3) is 0.333. The summed E-state index contributed by atoms with van der Waals surface area (Å²) in [7, 11) is 1.73. The molecule has 0 saturated carbocycles. The van der Waals surface area contributed by atoms with Gasteiger partial charge in [0.2, 0.25) is 0 Å². The molecule has 0 aliphatic carbocycles. The number of rotatable bonds is 10. The zero-order valence-corrected chi connectivity index (χ0v) is 19.5. The normalized spacial score (nSPS) is 13.1. The smallest absolute Gasteiger partial charge is 0.122 e. The SMILES string of the molecule is COc1ccccc1C(CCNC(C)c1ccc(Cl)cc1)c1ccc(OC(C)C)cc1. The van der Waals surface area contributed by atoms with Crippen molar-refractivity contribution in [3.63, 3.8) is 0 Å². The summed E-state index contributed by atoms with van der Waals surface area (Å²) in [6.45, 7) is 7.13. The molecule has 0 heterocycles. The number of hydrogen-bond acceptors (Lipinski definition) is 3. The maximum atomic E-state index is 6.02. The van der Waals surface area contributed by atoms with Crippen LogP contribution in [0, 0.1) is 0 Å². The fourth-order valence-electron chi connectivity index (χ4n) is 3.82. The van der Waals surface area contributed by atoms with Gasteiger partial charge in [-0.15, -0.1) is 0 Å². The van der Waals surface area contributed by atoms with E-state index in [4.69, 9.17) is 21.1 Å². The summed E-state index contributed by atoms with van der Waals surface area (Å²) in [5, 5.41) is 4.42. The van der Waals surface area contributed by atoms with E-state index < -0.39 is 0 Å². The molecule has 0 bridgehead atoms. The number of nitrogens with one attached hydrogen (secondary N) is 1. The fourth-order valence-corrected chi connectivity index (χ4v) is 3.95. The maximum Gasteiger partial charge on any atom is 0.122 e. The van der Waals surface area contributed by atoms with Gasteiger partial charge in [-0.3, -0.25) is 0 Å². The summed E-state index contributed by atoms with van der Waals surface area (Å²) in [5.41, 5.74) is 3.68. The summed E-state index contributed by atoms with van der Waals surface area (Å²) < 4.78 is 11.5. The summed E-state index contributed by atoms with van der Waals surface area (Å²) in [6, 6.07) is 25.0. The Morgan fingerprint density at radius 1 is 0.839 bits per heavy atom. The number of ether oxygens (including phenoxy) is 2. The molecule has 1 N–H and O–H groups in total. The molecule has 4 heteroatoms. The minimum Gasteiger partial charge on any atom is -0.496 e. The molecule has 0 spiro atoms. The van der Waals surface area contributed by atoms with Crippen molar-refractivity contribution >= 4 is 11.6 Å². The van der Waals surface area contributed by atoms with E-state index in [0.717, 1.165) is 29.5 Å². The molecule has 0 radical (unpaired) electrons. The quantitative estimate of drug-likeness (QED) is 0.370. The molecule has 0 saturated heterocycles. The van der Waals surface area contributed by atoms with Crippen molar-refractivity contribution in [2.75, 3.05) is 13.7 Å². The van der Waals surface area contributed by atoms with E-state index in [9.17, 15) is 0 Å². The lowest BCUT2D eigenvalue weighted by atomic mass is 9.87. The molecular weight excluding hydrogens is 406 g/mol. The van der Waals surface area contributed by atoms with Gasteiger partial charge in [0.1, 0.15) is 11.5 Å². The third-order valence-corrected chi connectivity index (χ3v) is 5.67. The number of para-hydroxylation sites is 1. The van der Waals surface area contributed by atoms with Gasteiger partial charge < -0.3 is 14.8 Å². The van der Waals surface area contributed by atoms with Gasteiger partial charge in [0, 0.05) is 22.5 Å². The van der Waals surface area contributed by atoms with Crippen molar-refractivity contribution in [3.05, 3.63) is 94.5 Å². The van der Waals surface area contributed by atoms with Crippen LogP contribution in [0.15, 0.2) is 72.8 Å². The number of methoxy groups -OCH3 is 1. The van der Waals surface area contributed by atoms with Crippen LogP contribution in [0.3, 0.4) is 0 Å². The molecule has 2 unspecified atom stereocenters. The van der Waals surface area contributed by atoms with Gasteiger partial charge in [0.25, 0.3) is 0 Å². The third kappa shape index (κ3) is 6.49. The number of halogens is 1. The van der Waals surface area contributed by atoms with Gasteiger partial charge in [0.05, 0.1) is 13.2 Å². The van der Waals surface area contributed by atoms with Crippen molar-refractivity contribution < 1.29 is 9.47 Å². The summed E-state index contributed by atoms with van der Waals surface area (Å²) in [6.07, 6.45) is 1.11. The minimum absolute atomic E-state index is 0.161. The second kappa shape index (κ2) is 11.2. The lowest BCUT2D eigenvalue weighted by molar-refractivity contribution is 0.242. The van der Waals surface area contributed by atoms with Gasteiger partial charge >= 0.3 is 0 Å². The Kier molecular flexibility index (Phi) is 8.39. The molecule has 3 aromatic carbocycles. The topological polar surface area (TPSA) is 30.5 Å². The summed E-state index contributed by atoms with van der Waals surface area (Å²) in [5.74, 6) is 2.03. The summed E-state index contributed by atoms with van der Waals surface area (Å²) >= 11 is 6.02. The first kappa shape index (κ1) is 23.2. The monoisotopic (exact) mass is 437 g/mol. The molecule has 3 nitrogen and oxygen atoms in total. The zero-order valence-electron chi connectivity index (χ0n) is 18.8. The molecular formula is C27H32ClNO2. The van der Waals surface area contributed by atoms with Gasteiger partial charge in [-0.05, 0) is 75.2 Å². The minimum atomic E-state index is 0.161. The first-order valence-electron chi connectivity index (χ1n) is 10.9. The van der Waals surface area contributed by atoms with Crippen LogP contribution in [0.1, 0.15) is 55.8 Å². The Bertz CT molecular complexity index is 938. The van der Waals surface area contributed by atoms with Crippen molar-refractivity contribution in [2.24, 2.45) is 0 Å². The van der Waals surface area contributed by atoms with Crippen LogP contribution in [0.5, 0.6) is 11.5 Å². The second-order valence-electron chi connectivity index (χ2n) is 8.05. The molecule has 0 aliphatic heterocycles. The highest BCUT2D eigenvalue weighted by atomic mass is 35.5. The van der Waals surface area contributed by atoms with Crippen LogP contribution in [-0.2, 0) is 0 Å². The highest BCUT2D eigenvalue weighted by Crippen LogP contribution is 2.35. The third-order valence-electron chi connectivity index (χ3n) is 5.42. The zero-order chi connectivity index (χ0) is 22.2. The number of hydrogen-bond donors (Lipinski definition) is 1. The van der Waals surface area contributed by atoms with Crippen LogP contribution in [0.4, 0.5) is 0 Å². The molecule has 164 valence electrons. The first-order chi connectivity index (χ1) is 15.0. The predicted octanol–water partition coefficient (Wildman–Crippen LogP) is 7.01. The van der Waals surface area contributed by atoms with E-state index in [1.807, 2.05) is 38.1 Å². The van der Waals surface area contributed by atoms with Crippen molar-refractivity contribution in [1.29, 1.82) is 0 Å². The van der Waals surface area contributed by atoms with Crippen LogP contribution in [-0.4, -0.2) is 19.8 Å². The van der Waals surface area contributed by atoms with Crippen molar-refractivity contribution in [1.82, 2.24) is 5.32 Å². The van der Waals surface area contributed by atoms with Crippen LogP contribution >= 0.6 is 11.6 Å². The standard InChI is InChI=1S/C27H32ClNO2/c1-19(2)31-24-15-11-22(12-16-24)25(26-7-5-6-8-27(26)30-4)17-18-29-20(3)21-9-13-23(28)14-10-21/h5-16,19-20,25,29H,17-18H2,1-4H3. The largest absolute Gasteiger partial charge is 0.496 e. The van der Waals surface area contributed by atoms with Crippen molar-refractivity contribution in [3.8, 4) is 11.5 Å². The predicted molar refractivity (Wildman–Crippen MR) is 130 cm³/mol.